The maximum atomic E-state index is 11.0. The lowest BCUT2D eigenvalue weighted by Gasteiger charge is -2.15. The van der Waals surface area contributed by atoms with Gasteiger partial charge in [-0.3, -0.25) is 4.79 Å². The molecule has 64 valence electrons. The number of hydrogen-bond acceptors (Lipinski definition) is 3. The highest BCUT2D eigenvalue weighted by Gasteiger charge is 2.43. The Bertz CT molecular complexity index is 164. The van der Waals surface area contributed by atoms with Gasteiger partial charge in [0.2, 0.25) is 5.91 Å². The van der Waals surface area contributed by atoms with Gasteiger partial charge in [0.15, 0.2) is 0 Å². The molecule has 1 unspecified atom stereocenters. The van der Waals surface area contributed by atoms with E-state index in [1.54, 1.807) is 6.92 Å². The fourth-order valence-corrected chi connectivity index (χ4v) is 0.849. The molecule has 0 aliphatic heterocycles. The third kappa shape index (κ3) is 1.91. The highest BCUT2D eigenvalue weighted by Crippen LogP contribution is 2.34. The maximum Gasteiger partial charge on any atom is 0.237 e. The molecule has 0 bridgehead atoms. The third-order valence-corrected chi connectivity index (χ3v) is 1.96. The molecule has 4 nitrogen and oxygen atoms in total. The van der Waals surface area contributed by atoms with Crippen molar-refractivity contribution in [2.24, 2.45) is 5.73 Å². The molecule has 0 aromatic heterocycles. The van der Waals surface area contributed by atoms with Crippen LogP contribution in [0.4, 0.5) is 0 Å². The first kappa shape index (κ1) is 8.49. The number of rotatable bonds is 3. The van der Waals surface area contributed by atoms with E-state index in [0.29, 0.717) is 0 Å². The van der Waals surface area contributed by atoms with E-state index in [1.807, 2.05) is 0 Å². The van der Waals surface area contributed by atoms with Crippen molar-refractivity contribution >= 4 is 5.91 Å². The summed E-state index contributed by atoms with van der Waals surface area (Å²) in [5.41, 5.74) is 5.00. The number of amides is 1. The van der Waals surface area contributed by atoms with Crippen LogP contribution in [-0.2, 0) is 4.79 Å². The second kappa shape index (κ2) is 2.79. The van der Waals surface area contributed by atoms with Crippen LogP contribution >= 0.6 is 0 Å². The molecule has 0 heterocycles. The van der Waals surface area contributed by atoms with Gasteiger partial charge in [-0.15, -0.1) is 0 Å². The maximum absolute atomic E-state index is 11.0. The van der Waals surface area contributed by atoms with Crippen LogP contribution < -0.4 is 11.1 Å². The predicted molar refractivity (Wildman–Crippen MR) is 40.8 cm³/mol. The first-order valence-corrected chi connectivity index (χ1v) is 3.78. The second-order valence-electron chi connectivity index (χ2n) is 3.22. The number of nitrogens with one attached hydrogen (secondary N) is 1. The van der Waals surface area contributed by atoms with Crippen LogP contribution in [0.5, 0.6) is 0 Å². The van der Waals surface area contributed by atoms with Crippen LogP contribution in [0.1, 0.15) is 19.8 Å². The van der Waals surface area contributed by atoms with Gasteiger partial charge in [0.25, 0.3) is 0 Å². The van der Waals surface area contributed by atoms with Crippen molar-refractivity contribution < 1.29 is 9.90 Å². The van der Waals surface area contributed by atoms with Crippen molar-refractivity contribution in [1.29, 1.82) is 0 Å². The molecule has 0 aromatic rings. The highest BCUT2D eigenvalue weighted by atomic mass is 16.3. The second-order valence-corrected chi connectivity index (χ2v) is 3.22. The number of hydrogen-bond donors (Lipinski definition) is 3. The largest absolute Gasteiger partial charge is 0.394 e. The lowest BCUT2D eigenvalue weighted by atomic mass is 10.2. The average molecular weight is 158 g/mol. The van der Waals surface area contributed by atoms with Crippen LogP contribution in [0.25, 0.3) is 0 Å². The lowest BCUT2D eigenvalue weighted by Crippen LogP contribution is -2.46. The molecule has 0 radical (unpaired) electrons. The number of aliphatic hydroxyl groups is 1. The number of carbonyl (C=O) groups excluding carboxylic acids is 1. The Balaban J connectivity index is 2.36. The highest BCUT2D eigenvalue weighted by molar-refractivity contribution is 5.82. The van der Waals surface area contributed by atoms with Gasteiger partial charge in [0.05, 0.1) is 18.2 Å². The van der Waals surface area contributed by atoms with Crippen molar-refractivity contribution in [3.63, 3.8) is 0 Å². The van der Waals surface area contributed by atoms with Gasteiger partial charge < -0.3 is 16.2 Å². The average Bonchev–Trinajstić information content (AvgIpc) is 2.69. The summed E-state index contributed by atoms with van der Waals surface area (Å²) in [7, 11) is 0. The van der Waals surface area contributed by atoms with E-state index in [2.05, 4.69) is 5.32 Å². The monoisotopic (exact) mass is 158 g/mol. The van der Waals surface area contributed by atoms with E-state index in [4.69, 9.17) is 10.8 Å². The zero-order valence-corrected chi connectivity index (χ0v) is 6.63. The molecule has 1 aliphatic rings. The molecular weight excluding hydrogens is 144 g/mol. The predicted octanol–water partition coefficient (Wildman–Crippen LogP) is -1.03. The van der Waals surface area contributed by atoms with Gasteiger partial charge >= 0.3 is 0 Å². The van der Waals surface area contributed by atoms with E-state index < -0.39 is 6.04 Å². The molecule has 1 aliphatic carbocycles. The van der Waals surface area contributed by atoms with Gasteiger partial charge in [-0.05, 0) is 19.8 Å². The molecule has 4 heteroatoms. The Kier molecular flexibility index (Phi) is 2.15. The third-order valence-electron chi connectivity index (χ3n) is 1.96. The van der Waals surface area contributed by atoms with Gasteiger partial charge in [0.1, 0.15) is 0 Å². The minimum atomic E-state index is -0.487. The fraction of sp³-hybridized carbons (Fsp3) is 0.857. The summed E-state index contributed by atoms with van der Waals surface area (Å²) < 4.78 is 0. The van der Waals surface area contributed by atoms with Crippen molar-refractivity contribution in [3.05, 3.63) is 0 Å². The number of nitrogens with two attached hydrogens (primary N) is 1. The zero-order valence-electron chi connectivity index (χ0n) is 6.63. The Morgan fingerprint density at radius 2 is 2.36 bits per heavy atom. The molecule has 1 atom stereocenters. The Hall–Kier alpha value is -0.610. The van der Waals surface area contributed by atoms with Crippen LogP contribution in [0, 0.1) is 0 Å². The number of carbonyl (C=O) groups is 1. The van der Waals surface area contributed by atoms with E-state index in [1.165, 1.54) is 0 Å². The van der Waals surface area contributed by atoms with Gasteiger partial charge in [-0.1, -0.05) is 0 Å². The van der Waals surface area contributed by atoms with E-state index >= 15 is 0 Å². The van der Waals surface area contributed by atoms with E-state index in [9.17, 15) is 4.79 Å². The summed E-state index contributed by atoms with van der Waals surface area (Å²) in [6, 6.07) is -0.487. The molecule has 1 fully saturated rings. The Morgan fingerprint density at radius 1 is 1.82 bits per heavy atom. The van der Waals surface area contributed by atoms with E-state index in [0.717, 1.165) is 12.8 Å². The van der Waals surface area contributed by atoms with Gasteiger partial charge in [-0.2, -0.15) is 0 Å². The molecule has 0 aromatic carbocycles. The summed E-state index contributed by atoms with van der Waals surface area (Å²) >= 11 is 0. The molecule has 11 heavy (non-hydrogen) atoms. The molecule has 0 spiro atoms. The van der Waals surface area contributed by atoms with Crippen LogP contribution in [0.2, 0.25) is 0 Å². The standard InChI is InChI=1S/C7H14N2O2/c1-5(8)6(11)9-7(4-10)2-3-7/h5,10H,2-4,8H2,1H3,(H,9,11). The lowest BCUT2D eigenvalue weighted by molar-refractivity contribution is -0.123. The summed E-state index contributed by atoms with van der Waals surface area (Å²) in [6.07, 6.45) is 1.73. The molecular formula is C7H14N2O2. The molecule has 1 saturated carbocycles. The SMILES string of the molecule is CC(N)C(=O)NC1(CO)CC1. The smallest absolute Gasteiger partial charge is 0.237 e. The minimum absolute atomic E-state index is 0.0193. The first-order valence-electron chi connectivity index (χ1n) is 3.78. The summed E-state index contributed by atoms with van der Waals surface area (Å²) in [5.74, 6) is -0.184. The summed E-state index contributed by atoms with van der Waals surface area (Å²) in [4.78, 5) is 11.0. The zero-order chi connectivity index (χ0) is 8.48. The van der Waals surface area contributed by atoms with Crippen LogP contribution in [0.15, 0.2) is 0 Å². The van der Waals surface area contributed by atoms with Crippen molar-refractivity contribution in [3.8, 4) is 0 Å². The van der Waals surface area contributed by atoms with E-state index in [-0.39, 0.29) is 18.1 Å². The van der Waals surface area contributed by atoms with Gasteiger partial charge in [0, 0.05) is 0 Å². The van der Waals surface area contributed by atoms with Crippen LogP contribution in [0.3, 0.4) is 0 Å². The van der Waals surface area contributed by atoms with Crippen molar-refractivity contribution in [1.82, 2.24) is 5.32 Å². The summed E-state index contributed by atoms with van der Waals surface area (Å²) in [5, 5.41) is 11.5. The molecule has 1 amide bonds. The minimum Gasteiger partial charge on any atom is -0.394 e. The molecule has 4 N–H and O–H groups in total. The quantitative estimate of drug-likeness (QED) is 0.492. The van der Waals surface area contributed by atoms with Crippen LogP contribution in [-0.4, -0.2) is 29.2 Å². The molecule has 1 rings (SSSR count). The molecule has 0 saturated heterocycles. The van der Waals surface area contributed by atoms with Gasteiger partial charge in [-0.25, -0.2) is 0 Å². The number of aliphatic hydroxyl groups excluding tert-OH is 1. The van der Waals surface area contributed by atoms with Crippen molar-refractivity contribution in [2.75, 3.05) is 6.61 Å². The topological polar surface area (TPSA) is 75.4 Å². The Morgan fingerprint density at radius 3 is 2.64 bits per heavy atom. The van der Waals surface area contributed by atoms with Crippen molar-refractivity contribution in [2.45, 2.75) is 31.3 Å². The first-order chi connectivity index (χ1) is 5.09. The summed E-state index contributed by atoms with van der Waals surface area (Å²) in [6.45, 7) is 1.65. The Labute approximate surface area is 65.8 Å². The normalized spacial score (nSPS) is 22.5. The fourth-order valence-electron chi connectivity index (χ4n) is 0.849.